The molecule has 4 unspecified atom stereocenters. The minimum atomic E-state index is -0.605. The summed E-state index contributed by atoms with van der Waals surface area (Å²) in [4.78, 5) is 26.6. The molecule has 2 fully saturated rings. The van der Waals surface area contributed by atoms with Crippen molar-refractivity contribution >= 4 is 29.9 Å². The van der Waals surface area contributed by atoms with Crippen molar-refractivity contribution in [2.45, 2.75) is 44.8 Å². The third kappa shape index (κ3) is 6.36. The summed E-state index contributed by atoms with van der Waals surface area (Å²) < 4.78 is 25.7. The second kappa shape index (κ2) is 13.1. The van der Waals surface area contributed by atoms with Crippen LogP contribution in [0.15, 0.2) is 66.7 Å². The third-order valence-electron chi connectivity index (χ3n) is 7.92. The molecule has 1 saturated heterocycles. The van der Waals surface area contributed by atoms with Crippen LogP contribution in [0.25, 0.3) is 6.08 Å². The fourth-order valence-corrected chi connectivity index (χ4v) is 6.41. The van der Waals surface area contributed by atoms with E-state index in [1.54, 1.807) is 11.8 Å². The van der Waals surface area contributed by atoms with Crippen LogP contribution < -0.4 is 4.74 Å². The fraction of sp³-hybridized carbons (Fsp3) is 0.419. The molecule has 2 aromatic carbocycles. The number of carbonyl (C=O) groups is 2. The van der Waals surface area contributed by atoms with E-state index in [2.05, 4.69) is 39.1 Å². The molecule has 0 N–H and O–H groups in total. The van der Waals surface area contributed by atoms with Crippen molar-refractivity contribution in [1.29, 1.82) is 0 Å². The van der Waals surface area contributed by atoms with Gasteiger partial charge in [-0.25, -0.2) is 9.59 Å². The van der Waals surface area contributed by atoms with Gasteiger partial charge >= 0.3 is 12.1 Å². The number of nitrogens with zero attached hydrogens (tertiary/aromatic N) is 3. The molecule has 5 rings (SSSR count). The normalized spacial score (nSPS) is 22.6. The van der Waals surface area contributed by atoms with Crippen molar-refractivity contribution in [3.05, 3.63) is 83.6 Å². The second-order valence-corrected chi connectivity index (χ2v) is 10.9. The summed E-state index contributed by atoms with van der Waals surface area (Å²) >= 11 is 1.14. The van der Waals surface area contributed by atoms with Crippen LogP contribution in [-0.4, -0.2) is 52.0 Å². The van der Waals surface area contributed by atoms with Gasteiger partial charge in [0.1, 0.15) is 11.7 Å². The number of methoxy groups -OCH3 is 1. The van der Waals surface area contributed by atoms with Crippen molar-refractivity contribution in [1.82, 2.24) is 13.6 Å². The van der Waals surface area contributed by atoms with Gasteiger partial charge in [0, 0.05) is 6.54 Å². The van der Waals surface area contributed by atoms with E-state index in [-0.39, 0.29) is 18.7 Å². The number of esters is 1. The van der Waals surface area contributed by atoms with Crippen LogP contribution in [0.5, 0.6) is 5.88 Å². The van der Waals surface area contributed by atoms with Gasteiger partial charge in [-0.15, -0.1) is 4.37 Å². The molecule has 2 aliphatic rings. The molecule has 9 heteroatoms. The molecule has 4 atom stereocenters. The summed E-state index contributed by atoms with van der Waals surface area (Å²) in [6.45, 7) is 2.58. The number of rotatable bonds is 8. The average Bonchev–Trinajstić information content (AvgIpc) is 3.45. The van der Waals surface area contributed by atoms with Gasteiger partial charge in [-0.3, -0.25) is 4.90 Å². The average molecular weight is 562 g/mol. The molecule has 1 saturated carbocycles. The van der Waals surface area contributed by atoms with Crippen LogP contribution in [0.3, 0.4) is 0 Å². The summed E-state index contributed by atoms with van der Waals surface area (Å²) in [6.07, 6.45) is 6.96. The zero-order chi connectivity index (χ0) is 27.9. The van der Waals surface area contributed by atoms with Gasteiger partial charge in [0.25, 0.3) is 5.88 Å². The smallest absolute Gasteiger partial charge is 0.410 e. The van der Waals surface area contributed by atoms with E-state index in [9.17, 15) is 9.59 Å². The minimum Gasteiger partial charge on any atom is -0.464 e. The van der Waals surface area contributed by atoms with Crippen LogP contribution in [0.4, 0.5) is 4.79 Å². The molecule has 0 bridgehead atoms. The Balaban J connectivity index is 1.28. The monoisotopic (exact) mass is 561 g/mol. The zero-order valence-electron chi connectivity index (χ0n) is 22.8. The molecule has 3 aromatic rings. The van der Waals surface area contributed by atoms with Crippen LogP contribution in [0.2, 0.25) is 0 Å². The first-order valence-electron chi connectivity index (χ1n) is 13.9. The van der Waals surface area contributed by atoms with Crippen LogP contribution in [-0.2, 0) is 14.3 Å². The molecule has 2 heterocycles. The first-order chi connectivity index (χ1) is 19.6. The maximum atomic E-state index is 12.7. The van der Waals surface area contributed by atoms with E-state index in [0.717, 1.165) is 42.1 Å². The van der Waals surface area contributed by atoms with Gasteiger partial charge in [-0.1, -0.05) is 66.7 Å². The summed E-state index contributed by atoms with van der Waals surface area (Å²) in [5.74, 6) is 1.16. The highest BCUT2D eigenvalue weighted by Crippen LogP contribution is 2.42. The first-order valence-corrected chi connectivity index (χ1v) is 14.6. The quantitative estimate of drug-likeness (QED) is 0.304. The van der Waals surface area contributed by atoms with Crippen molar-refractivity contribution < 1.29 is 23.8 Å². The van der Waals surface area contributed by atoms with E-state index in [4.69, 9.17) is 14.2 Å². The van der Waals surface area contributed by atoms with Gasteiger partial charge in [-0.2, -0.15) is 4.37 Å². The van der Waals surface area contributed by atoms with Gasteiger partial charge in [0.2, 0.25) is 0 Å². The summed E-state index contributed by atoms with van der Waals surface area (Å²) in [5.41, 5.74) is 2.81. The number of ether oxygens (including phenoxy) is 3. The van der Waals surface area contributed by atoms with E-state index < -0.39 is 12.1 Å². The van der Waals surface area contributed by atoms with Crippen molar-refractivity contribution in [3.8, 4) is 5.88 Å². The predicted molar refractivity (Wildman–Crippen MR) is 153 cm³/mol. The van der Waals surface area contributed by atoms with E-state index in [1.165, 1.54) is 7.11 Å². The van der Waals surface area contributed by atoms with Crippen LogP contribution in [0.1, 0.15) is 55.5 Å². The minimum absolute atomic E-state index is 0.283. The van der Waals surface area contributed by atoms with Gasteiger partial charge in [0.15, 0.2) is 6.10 Å². The SMILES string of the molecule is CCOC(=O)C1CC2CC(C=Cc3nsnc3OC(c3ccccc3)c3ccccc3)CCC2CN1C(=O)OC. The number of hydrogen-bond donors (Lipinski definition) is 0. The Bertz CT molecular complexity index is 1260. The number of fused-ring (bicyclic) bond motifs is 1. The largest absolute Gasteiger partial charge is 0.464 e. The molecule has 1 amide bonds. The molecular weight excluding hydrogens is 526 g/mol. The number of allylic oxidation sites excluding steroid dienone is 1. The van der Waals surface area contributed by atoms with Gasteiger partial charge in [-0.05, 0) is 67.6 Å². The topological polar surface area (TPSA) is 90.9 Å². The number of hydrogen-bond acceptors (Lipinski definition) is 8. The highest BCUT2D eigenvalue weighted by molar-refractivity contribution is 6.99. The number of carbonyl (C=O) groups excluding carboxylic acids is 2. The lowest BCUT2D eigenvalue weighted by Gasteiger charge is -2.45. The number of amides is 1. The lowest BCUT2D eigenvalue weighted by molar-refractivity contribution is -0.152. The summed E-state index contributed by atoms with van der Waals surface area (Å²) in [6, 6.07) is 19.6. The first kappa shape index (κ1) is 27.8. The molecule has 1 aliphatic heterocycles. The molecule has 1 aromatic heterocycles. The highest BCUT2D eigenvalue weighted by atomic mass is 32.1. The van der Waals surface area contributed by atoms with Crippen LogP contribution >= 0.6 is 11.7 Å². The summed E-state index contributed by atoms with van der Waals surface area (Å²) in [5, 5.41) is 0. The maximum Gasteiger partial charge on any atom is 0.410 e. The molecule has 0 radical (unpaired) electrons. The second-order valence-electron chi connectivity index (χ2n) is 10.4. The number of piperidine rings is 1. The molecule has 8 nitrogen and oxygen atoms in total. The predicted octanol–water partition coefficient (Wildman–Crippen LogP) is 6.16. The number of aromatic nitrogens is 2. The molecule has 210 valence electrons. The number of likely N-dealkylation sites (tertiary alicyclic amines) is 1. The Labute approximate surface area is 239 Å². The maximum absolute atomic E-state index is 12.7. The van der Waals surface area contributed by atoms with Crippen molar-refractivity contribution in [3.63, 3.8) is 0 Å². The Hall–Kier alpha value is -3.72. The Morgan fingerprint density at radius 1 is 1.00 bits per heavy atom. The lowest BCUT2D eigenvalue weighted by atomic mass is 9.69. The van der Waals surface area contributed by atoms with E-state index >= 15 is 0 Å². The van der Waals surface area contributed by atoms with Gasteiger partial charge < -0.3 is 14.2 Å². The Kier molecular flexibility index (Phi) is 9.11. The third-order valence-corrected chi connectivity index (χ3v) is 8.45. The van der Waals surface area contributed by atoms with Crippen LogP contribution in [0, 0.1) is 17.8 Å². The summed E-state index contributed by atoms with van der Waals surface area (Å²) in [7, 11) is 1.35. The Morgan fingerprint density at radius 3 is 2.35 bits per heavy atom. The molecular formula is C31H35N3O5S. The molecule has 0 spiro atoms. The van der Waals surface area contributed by atoms with Crippen molar-refractivity contribution in [2.24, 2.45) is 17.8 Å². The van der Waals surface area contributed by atoms with E-state index in [0.29, 0.717) is 42.3 Å². The zero-order valence-corrected chi connectivity index (χ0v) is 23.7. The standard InChI is InChI=1S/C31H35N3O5S/c1-3-38-30(35)27-19-25-18-21(14-16-24(25)20-34(27)31(36)37-2)15-17-26-29(33-40-32-26)39-28(22-10-6-4-7-11-22)23-12-8-5-9-13-23/h4-13,15,17,21,24-25,27-28H,3,14,16,18-20H2,1-2H3. The van der Waals surface area contributed by atoms with Gasteiger partial charge in [0.05, 0.1) is 25.4 Å². The lowest BCUT2D eigenvalue weighted by Crippen LogP contribution is -2.54. The fourth-order valence-electron chi connectivity index (χ4n) is 5.94. The molecule has 40 heavy (non-hydrogen) atoms. The number of benzene rings is 2. The van der Waals surface area contributed by atoms with Crippen molar-refractivity contribution in [2.75, 3.05) is 20.3 Å². The molecule has 1 aliphatic carbocycles. The highest BCUT2D eigenvalue weighted by Gasteiger charge is 2.44. The Morgan fingerprint density at radius 2 is 1.70 bits per heavy atom. The van der Waals surface area contributed by atoms with E-state index in [1.807, 2.05) is 42.5 Å².